The fraction of sp³-hybridized carbons (Fsp3) is 0.222. The summed E-state index contributed by atoms with van der Waals surface area (Å²) in [4.78, 5) is 12.0. The van der Waals surface area contributed by atoms with Crippen molar-refractivity contribution >= 4 is 5.91 Å². The number of benzene rings is 1. The quantitative estimate of drug-likeness (QED) is 0.801. The molecule has 122 valence electrons. The maximum atomic E-state index is 12.0. The van der Waals surface area contributed by atoms with E-state index in [0.717, 1.165) is 33.7 Å². The number of ether oxygens (including phenoxy) is 1. The molecule has 4 rings (SSSR count). The van der Waals surface area contributed by atoms with Crippen LogP contribution < -0.4 is 10.1 Å². The Kier molecular flexibility index (Phi) is 3.37. The van der Waals surface area contributed by atoms with Gasteiger partial charge in [-0.2, -0.15) is 5.10 Å². The highest BCUT2D eigenvalue weighted by Crippen LogP contribution is 2.35. The first-order valence-corrected chi connectivity index (χ1v) is 7.79. The Morgan fingerprint density at radius 1 is 1.21 bits per heavy atom. The van der Waals surface area contributed by atoms with Crippen molar-refractivity contribution in [2.75, 3.05) is 0 Å². The molecular weight excluding hydrogens is 304 g/mol. The minimum absolute atomic E-state index is 0.0292. The lowest BCUT2D eigenvalue weighted by Crippen LogP contribution is -2.12. The third kappa shape index (κ3) is 2.56. The minimum atomic E-state index is -0.0292. The van der Waals surface area contributed by atoms with Crippen LogP contribution in [0.25, 0.3) is 11.1 Å². The zero-order valence-corrected chi connectivity index (χ0v) is 13.6. The van der Waals surface area contributed by atoms with E-state index in [-0.39, 0.29) is 5.91 Å². The molecule has 2 aromatic heterocycles. The van der Waals surface area contributed by atoms with Gasteiger partial charge in [-0.25, -0.2) is 0 Å². The summed E-state index contributed by atoms with van der Waals surface area (Å²) in [5.41, 5.74) is 4.50. The highest BCUT2D eigenvalue weighted by Gasteiger charge is 2.22. The second-order valence-corrected chi connectivity index (χ2v) is 6.02. The summed E-state index contributed by atoms with van der Waals surface area (Å²) in [6.45, 7) is 0.935. The number of amides is 1. The lowest BCUT2D eigenvalue weighted by molar-refractivity contribution is 0.0966. The average molecular weight is 322 g/mol. The van der Waals surface area contributed by atoms with Crippen LogP contribution in [0.2, 0.25) is 0 Å². The number of aryl methyl sites for hydroxylation is 2. The van der Waals surface area contributed by atoms with Gasteiger partial charge in [0.2, 0.25) is 0 Å². The molecule has 1 aliphatic rings. The van der Waals surface area contributed by atoms with Gasteiger partial charge in [-0.15, -0.1) is 0 Å². The van der Waals surface area contributed by atoms with Gasteiger partial charge in [0.15, 0.2) is 0 Å². The number of hydrogen-bond acceptors (Lipinski definition) is 3. The fourth-order valence-electron chi connectivity index (χ4n) is 2.95. The highest BCUT2D eigenvalue weighted by molar-refractivity contribution is 6.00. The SMILES string of the molecule is Cn1ccc(-c2cc3c(cc2OCc2ccn(C)n2)CNC3=O)c1. The molecule has 24 heavy (non-hydrogen) atoms. The van der Waals surface area contributed by atoms with Crippen LogP contribution in [0.5, 0.6) is 5.75 Å². The van der Waals surface area contributed by atoms with Crippen LogP contribution in [0.4, 0.5) is 0 Å². The van der Waals surface area contributed by atoms with Crippen LogP contribution in [-0.4, -0.2) is 20.3 Å². The second kappa shape index (κ2) is 5.56. The number of rotatable bonds is 4. The zero-order valence-electron chi connectivity index (χ0n) is 13.6. The Morgan fingerprint density at radius 3 is 2.79 bits per heavy atom. The van der Waals surface area contributed by atoms with Gasteiger partial charge in [0.05, 0.1) is 5.69 Å². The van der Waals surface area contributed by atoms with Gasteiger partial charge in [0.1, 0.15) is 12.4 Å². The normalized spacial score (nSPS) is 13.0. The molecule has 1 aliphatic heterocycles. The maximum absolute atomic E-state index is 12.0. The monoisotopic (exact) mass is 322 g/mol. The van der Waals surface area contributed by atoms with Crippen molar-refractivity contribution in [2.45, 2.75) is 13.2 Å². The molecular formula is C18H18N4O2. The molecule has 3 aromatic rings. The Balaban J connectivity index is 1.72. The number of nitrogens with one attached hydrogen (secondary N) is 1. The van der Waals surface area contributed by atoms with E-state index in [1.807, 2.05) is 61.5 Å². The van der Waals surface area contributed by atoms with Crippen molar-refractivity contribution < 1.29 is 9.53 Å². The molecule has 0 fully saturated rings. The summed E-state index contributed by atoms with van der Waals surface area (Å²) in [5.74, 6) is 0.737. The van der Waals surface area contributed by atoms with Gasteiger partial charge in [-0.3, -0.25) is 9.48 Å². The highest BCUT2D eigenvalue weighted by atomic mass is 16.5. The van der Waals surface area contributed by atoms with Gasteiger partial charge in [0, 0.05) is 55.9 Å². The van der Waals surface area contributed by atoms with Crippen LogP contribution >= 0.6 is 0 Å². The molecule has 0 bridgehead atoms. The van der Waals surface area contributed by atoms with Crippen molar-refractivity contribution in [3.63, 3.8) is 0 Å². The third-order valence-corrected chi connectivity index (χ3v) is 4.18. The van der Waals surface area contributed by atoms with Crippen LogP contribution in [0.3, 0.4) is 0 Å². The lowest BCUT2D eigenvalue weighted by atomic mass is 10.0. The Bertz CT molecular complexity index is 923. The molecule has 3 heterocycles. The predicted octanol–water partition coefficient (Wildman–Crippen LogP) is 2.25. The van der Waals surface area contributed by atoms with E-state index < -0.39 is 0 Å². The smallest absolute Gasteiger partial charge is 0.251 e. The maximum Gasteiger partial charge on any atom is 0.251 e. The van der Waals surface area contributed by atoms with Gasteiger partial charge < -0.3 is 14.6 Å². The molecule has 1 amide bonds. The Hall–Kier alpha value is -3.02. The Morgan fingerprint density at radius 2 is 2.08 bits per heavy atom. The summed E-state index contributed by atoms with van der Waals surface area (Å²) >= 11 is 0. The molecule has 0 atom stereocenters. The Labute approximate surface area is 139 Å². The van der Waals surface area contributed by atoms with Crippen LogP contribution in [0.1, 0.15) is 21.6 Å². The van der Waals surface area contributed by atoms with Crippen LogP contribution in [0.15, 0.2) is 42.9 Å². The first kappa shape index (κ1) is 14.6. The van der Waals surface area contributed by atoms with Crippen molar-refractivity contribution in [3.8, 4) is 16.9 Å². The molecule has 6 heteroatoms. The third-order valence-electron chi connectivity index (χ3n) is 4.18. The molecule has 1 aromatic carbocycles. The van der Waals surface area contributed by atoms with Crippen molar-refractivity contribution in [1.29, 1.82) is 0 Å². The van der Waals surface area contributed by atoms with E-state index in [0.29, 0.717) is 13.2 Å². The molecule has 0 unspecified atom stereocenters. The van der Waals surface area contributed by atoms with E-state index in [2.05, 4.69) is 10.4 Å². The number of hydrogen-bond donors (Lipinski definition) is 1. The number of fused-ring (bicyclic) bond motifs is 1. The summed E-state index contributed by atoms with van der Waals surface area (Å²) < 4.78 is 9.77. The van der Waals surface area contributed by atoms with Crippen molar-refractivity contribution in [1.82, 2.24) is 19.7 Å². The summed E-state index contributed by atoms with van der Waals surface area (Å²) in [6.07, 6.45) is 5.88. The second-order valence-electron chi connectivity index (χ2n) is 6.02. The fourth-order valence-corrected chi connectivity index (χ4v) is 2.95. The first-order valence-electron chi connectivity index (χ1n) is 7.79. The number of nitrogens with zero attached hydrogens (tertiary/aromatic N) is 3. The molecule has 0 spiro atoms. The lowest BCUT2D eigenvalue weighted by Gasteiger charge is -2.12. The molecule has 0 radical (unpaired) electrons. The largest absolute Gasteiger partial charge is 0.487 e. The van der Waals surface area contributed by atoms with Gasteiger partial charge in [-0.05, 0) is 29.8 Å². The van der Waals surface area contributed by atoms with E-state index in [9.17, 15) is 4.79 Å². The van der Waals surface area contributed by atoms with E-state index in [4.69, 9.17) is 4.74 Å². The van der Waals surface area contributed by atoms with Crippen LogP contribution in [0, 0.1) is 0 Å². The van der Waals surface area contributed by atoms with Gasteiger partial charge >= 0.3 is 0 Å². The average Bonchev–Trinajstić information content (AvgIpc) is 3.26. The topological polar surface area (TPSA) is 61.1 Å². The summed E-state index contributed by atoms with van der Waals surface area (Å²) in [6, 6.07) is 7.82. The first-order chi connectivity index (χ1) is 11.6. The molecule has 6 nitrogen and oxygen atoms in total. The molecule has 1 N–H and O–H groups in total. The van der Waals surface area contributed by atoms with Crippen LogP contribution in [-0.2, 0) is 27.2 Å². The van der Waals surface area contributed by atoms with E-state index >= 15 is 0 Å². The predicted molar refractivity (Wildman–Crippen MR) is 89.6 cm³/mol. The number of carbonyl (C=O) groups excluding carboxylic acids is 1. The summed E-state index contributed by atoms with van der Waals surface area (Å²) in [7, 11) is 3.85. The molecule has 0 saturated carbocycles. The zero-order chi connectivity index (χ0) is 16.7. The molecule has 0 saturated heterocycles. The number of carbonyl (C=O) groups is 1. The van der Waals surface area contributed by atoms with Crippen molar-refractivity contribution in [3.05, 3.63) is 59.7 Å². The van der Waals surface area contributed by atoms with Gasteiger partial charge in [0.25, 0.3) is 5.91 Å². The standard InChI is InChI=1S/C18H18N4O2/c1-21-5-3-12(10-21)15-8-16-13(9-19-18(16)23)7-17(15)24-11-14-4-6-22(2)20-14/h3-8,10H,9,11H2,1-2H3,(H,19,23). The molecule has 0 aliphatic carbocycles. The van der Waals surface area contributed by atoms with E-state index in [1.54, 1.807) is 4.68 Å². The summed E-state index contributed by atoms with van der Waals surface area (Å²) in [5, 5.41) is 7.20. The minimum Gasteiger partial charge on any atom is -0.487 e. The van der Waals surface area contributed by atoms with E-state index in [1.165, 1.54) is 0 Å². The van der Waals surface area contributed by atoms with Crippen molar-refractivity contribution in [2.24, 2.45) is 14.1 Å². The van der Waals surface area contributed by atoms with Gasteiger partial charge in [-0.1, -0.05) is 0 Å². The number of aromatic nitrogens is 3.